The predicted molar refractivity (Wildman–Crippen MR) is 105 cm³/mol. The number of hydrogen-bond donors (Lipinski definition) is 1. The maximum Gasteiger partial charge on any atom is 0.225 e. The van der Waals surface area contributed by atoms with Crippen molar-refractivity contribution in [3.05, 3.63) is 64.7 Å². The van der Waals surface area contributed by atoms with Crippen molar-refractivity contribution in [2.24, 2.45) is 5.92 Å². The second-order valence-corrected chi connectivity index (χ2v) is 7.13. The zero-order valence-corrected chi connectivity index (χ0v) is 16.0. The molecule has 1 atom stereocenters. The lowest BCUT2D eigenvalue weighted by Gasteiger charge is -2.16. The van der Waals surface area contributed by atoms with Crippen molar-refractivity contribution < 1.29 is 14.3 Å². The van der Waals surface area contributed by atoms with Gasteiger partial charge in [-0.1, -0.05) is 35.9 Å². The second kappa shape index (κ2) is 8.91. The molecule has 2 aromatic rings. The van der Waals surface area contributed by atoms with Crippen LogP contribution >= 0.6 is 11.6 Å². The van der Waals surface area contributed by atoms with Crippen LogP contribution in [0.2, 0.25) is 5.02 Å². The van der Waals surface area contributed by atoms with Gasteiger partial charge in [0, 0.05) is 31.1 Å². The first kappa shape index (κ1) is 19.2. The van der Waals surface area contributed by atoms with Crippen LogP contribution in [0.25, 0.3) is 0 Å². The van der Waals surface area contributed by atoms with Gasteiger partial charge in [-0.2, -0.15) is 0 Å². The molecule has 1 N–H and O–H groups in total. The summed E-state index contributed by atoms with van der Waals surface area (Å²) in [6, 6.07) is 15.2. The first-order valence-corrected chi connectivity index (χ1v) is 9.36. The highest BCUT2D eigenvalue weighted by molar-refractivity contribution is 6.30. The molecule has 0 bridgehead atoms. The minimum atomic E-state index is -0.291. The number of ether oxygens (including phenoxy) is 1. The van der Waals surface area contributed by atoms with Gasteiger partial charge in [0.2, 0.25) is 11.8 Å². The predicted octanol–water partition coefficient (Wildman–Crippen LogP) is 3.06. The zero-order chi connectivity index (χ0) is 19.2. The second-order valence-electron chi connectivity index (χ2n) is 6.69. The van der Waals surface area contributed by atoms with Crippen molar-refractivity contribution in [3.8, 4) is 5.75 Å². The van der Waals surface area contributed by atoms with E-state index in [1.165, 1.54) is 0 Å². The molecule has 1 aliphatic heterocycles. The molecule has 27 heavy (non-hydrogen) atoms. The number of likely N-dealkylation sites (tertiary alicyclic amines) is 1. The number of rotatable bonds is 7. The molecule has 1 fully saturated rings. The molecule has 5 nitrogen and oxygen atoms in total. The van der Waals surface area contributed by atoms with Crippen LogP contribution in [0.15, 0.2) is 48.5 Å². The quantitative estimate of drug-likeness (QED) is 0.795. The summed E-state index contributed by atoms with van der Waals surface area (Å²) in [7, 11) is 1.63. The highest BCUT2D eigenvalue weighted by Gasteiger charge is 2.33. The van der Waals surface area contributed by atoms with Crippen molar-refractivity contribution in [3.63, 3.8) is 0 Å². The van der Waals surface area contributed by atoms with Gasteiger partial charge in [0.25, 0.3) is 0 Å². The average Bonchev–Trinajstić information content (AvgIpc) is 3.04. The maximum absolute atomic E-state index is 12.4. The molecule has 0 aliphatic carbocycles. The van der Waals surface area contributed by atoms with Crippen LogP contribution in [0, 0.1) is 5.92 Å². The third-order valence-corrected chi connectivity index (χ3v) is 5.00. The molecular formula is C21H23ClN2O3. The SMILES string of the molecule is COc1ccc(CCNC(=O)C2CC(=O)N(Cc3ccc(Cl)cc3)C2)cc1. The van der Waals surface area contributed by atoms with E-state index in [1.807, 2.05) is 36.4 Å². The number of amides is 2. The fraction of sp³-hybridized carbons (Fsp3) is 0.333. The number of methoxy groups -OCH3 is 1. The van der Waals surface area contributed by atoms with E-state index in [0.29, 0.717) is 24.7 Å². The molecule has 3 rings (SSSR count). The van der Waals surface area contributed by atoms with Crippen molar-refractivity contribution in [1.82, 2.24) is 10.2 Å². The molecule has 2 amide bonds. The van der Waals surface area contributed by atoms with Gasteiger partial charge in [-0.25, -0.2) is 0 Å². The first-order chi connectivity index (χ1) is 13.0. The Morgan fingerprint density at radius 3 is 2.48 bits per heavy atom. The Bertz CT molecular complexity index is 790. The summed E-state index contributed by atoms with van der Waals surface area (Å²) >= 11 is 5.89. The largest absolute Gasteiger partial charge is 0.497 e. The summed E-state index contributed by atoms with van der Waals surface area (Å²) in [6.45, 7) is 1.51. The lowest BCUT2D eigenvalue weighted by molar-refractivity contribution is -0.129. The summed E-state index contributed by atoms with van der Waals surface area (Å²) in [5, 5.41) is 3.61. The summed E-state index contributed by atoms with van der Waals surface area (Å²) in [4.78, 5) is 26.4. The zero-order valence-electron chi connectivity index (χ0n) is 15.3. The van der Waals surface area contributed by atoms with Crippen LogP contribution in [0.1, 0.15) is 17.5 Å². The monoisotopic (exact) mass is 386 g/mol. The number of nitrogens with one attached hydrogen (secondary N) is 1. The van der Waals surface area contributed by atoms with E-state index >= 15 is 0 Å². The van der Waals surface area contributed by atoms with Gasteiger partial charge in [0.1, 0.15) is 5.75 Å². The van der Waals surface area contributed by atoms with Gasteiger partial charge < -0.3 is 15.0 Å². The molecule has 2 aromatic carbocycles. The minimum Gasteiger partial charge on any atom is -0.497 e. The van der Waals surface area contributed by atoms with Crippen LogP contribution in [-0.4, -0.2) is 36.9 Å². The Morgan fingerprint density at radius 1 is 1.15 bits per heavy atom. The molecule has 1 aliphatic rings. The number of carbonyl (C=O) groups is 2. The molecule has 1 unspecified atom stereocenters. The van der Waals surface area contributed by atoms with Crippen LogP contribution in [0.3, 0.4) is 0 Å². The Morgan fingerprint density at radius 2 is 1.81 bits per heavy atom. The highest BCUT2D eigenvalue weighted by Crippen LogP contribution is 2.21. The molecule has 142 valence electrons. The Balaban J connectivity index is 1.46. The van der Waals surface area contributed by atoms with Crippen LogP contribution in [-0.2, 0) is 22.6 Å². The Hall–Kier alpha value is -2.53. The van der Waals surface area contributed by atoms with E-state index in [4.69, 9.17) is 16.3 Å². The van der Waals surface area contributed by atoms with E-state index in [0.717, 1.165) is 23.3 Å². The first-order valence-electron chi connectivity index (χ1n) is 8.98. The van der Waals surface area contributed by atoms with Gasteiger partial charge in [0.15, 0.2) is 0 Å². The number of halogens is 1. The Labute approximate surface area is 164 Å². The lowest BCUT2D eigenvalue weighted by Crippen LogP contribution is -2.34. The van der Waals surface area contributed by atoms with E-state index < -0.39 is 0 Å². The molecule has 0 saturated carbocycles. The smallest absolute Gasteiger partial charge is 0.225 e. The average molecular weight is 387 g/mol. The minimum absolute atomic E-state index is 0.0141. The molecule has 1 heterocycles. The third-order valence-electron chi connectivity index (χ3n) is 4.74. The van der Waals surface area contributed by atoms with Crippen molar-refractivity contribution in [2.45, 2.75) is 19.4 Å². The molecule has 1 saturated heterocycles. The number of carbonyl (C=O) groups excluding carboxylic acids is 2. The van der Waals surface area contributed by atoms with Gasteiger partial charge in [-0.05, 0) is 41.8 Å². The number of nitrogens with zero attached hydrogens (tertiary/aromatic N) is 1. The van der Waals surface area contributed by atoms with Crippen LogP contribution in [0.4, 0.5) is 0 Å². The normalized spacial score (nSPS) is 16.4. The molecule has 0 aromatic heterocycles. The molecule has 0 spiro atoms. The number of hydrogen-bond acceptors (Lipinski definition) is 3. The van der Waals surface area contributed by atoms with E-state index in [9.17, 15) is 9.59 Å². The van der Waals surface area contributed by atoms with Gasteiger partial charge in [-0.15, -0.1) is 0 Å². The fourth-order valence-electron chi connectivity index (χ4n) is 3.18. The summed E-state index contributed by atoms with van der Waals surface area (Å²) in [6.07, 6.45) is 1.01. The van der Waals surface area contributed by atoms with E-state index in [1.54, 1.807) is 24.1 Å². The van der Waals surface area contributed by atoms with Crippen LogP contribution < -0.4 is 10.1 Å². The summed E-state index contributed by atoms with van der Waals surface area (Å²) < 4.78 is 5.13. The molecule has 0 radical (unpaired) electrons. The van der Waals surface area contributed by atoms with Crippen LogP contribution in [0.5, 0.6) is 5.75 Å². The summed E-state index contributed by atoms with van der Waals surface area (Å²) in [5.41, 5.74) is 2.14. The summed E-state index contributed by atoms with van der Waals surface area (Å²) in [5.74, 6) is 0.476. The van der Waals surface area contributed by atoms with Crippen molar-refractivity contribution in [1.29, 1.82) is 0 Å². The lowest BCUT2D eigenvalue weighted by atomic mass is 10.1. The highest BCUT2D eigenvalue weighted by atomic mass is 35.5. The Kier molecular flexibility index (Phi) is 6.35. The molecule has 6 heteroatoms. The van der Waals surface area contributed by atoms with Crippen molar-refractivity contribution in [2.75, 3.05) is 20.2 Å². The third kappa shape index (κ3) is 5.23. The van der Waals surface area contributed by atoms with Crippen molar-refractivity contribution >= 4 is 23.4 Å². The standard InChI is InChI=1S/C21H23ClN2O3/c1-27-19-8-4-15(5-9-19)10-11-23-21(26)17-12-20(25)24(14-17)13-16-2-6-18(22)7-3-16/h2-9,17H,10-14H2,1H3,(H,23,26). The van der Waals surface area contributed by atoms with E-state index in [2.05, 4.69) is 5.32 Å². The molecular weight excluding hydrogens is 364 g/mol. The van der Waals surface area contributed by atoms with Gasteiger partial charge in [-0.3, -0.25) is 9.59 Å². The maximum atomic E-state index is 12.4. The van der Waals surface area contributed by atoms with E-state index in [-0.39, 0.29) is 24.2 Å². The topological polar surface area (TPSA) is 58.6 Å². The fourth-order valence-corrected chi connectivity index (χ4v) is 3.30. The van der Waals surface area contributed by atoms with Gasteiger partial charge in [0.05, 0.1) is 13.0 Å². The van der Waals surface area contributed by atoms with Gasteiger partial charge >= 0.3 is 0 Å². The number of benzene rings is 2.